The van der Waals surface area contributed by atoms with Crippen molar-refractivity contribution < 1.29 is 0 Å². The summed E-state index contributed by atoms with van der Waals surface area (Å²) in [6.45, 7) is 11.4. The number of thiophene rings is 1. The van der Waals surface area contributed by atoms with Crippen LogP contribution in [0, 0.1) is 0 Å². The van der Waals surface area contributed by atoms with Crippen molar-refractivity contribution in [3.63, 3.8) is 0 Å². The van der Waals surface area contributed by atoms with Gasteiger partial charge in [0.2, 0.25) is 0 Å². The summed E-state index contributed by atoms with van der Waals surface area (Å²) in [5.74, 6) is 0.525. The lowest BCUT2D eigenvalue weighted by molar-refractivity contribution is 0.592. The highest BCUT2D eigenvalue weighted by molar-refractivity contribution is 14.1. The van der Waals surface area contributed by atoms with Crippen molar-refractivity contribution in [1.82, 2.24) is 0 Å². The van der Waals surface area contributed by atoms with E-state index in [2.05, 4.69) is 121 Å². The Balaban J connectivity index is 1.96. The van der Waals surface area contributed by atoms with E-state index in [1.807, 2.05) is 11.3 Å². The molecule has 1 nitrogen and oxygen atoms in total. The van der Waals surface area contributed by atoms with Gasteiger partial charge in [0.1, 0.15) is 0 Å². The topological polar surface area (TPSA) is 3.24 Å². The van der Waals surface area contributed by atoms with Gasteiger partial charge >= 0.3 is 0 Å². The molecule has 1 heterocycles. The zero-order valence-electron chi connectivity index (χ0n) is 17.1. The Hall–Kier alpha value is -1.59. The SMILES string of the molecule is CC(C)c1cccc2c1sc1c(N(I)c3ccccc3C(C)(C)C)cccc12. The summed E-state index contributed by atoms with van der Waals surface area (Å²) in [4.78, 5) is 0. The van der Waals surface area contributed by atoms with Crippen molar-refractivity contribution in [2.24, 2.45) is 0 Å². The molecule has 4 aromatic rings. The molecule has 0 bridgehead atoms. The number of benzene rings is 3. The molecule has 1 aromatic heterocycles. The van der Waals surface area contributed by atoms with Crippen molar-refractivity contribution in [3.05, 3.63) is 71.8 Å². The highest BCUT2D eigenvalue weighted by atomic mass is 127. The monoisotopic (exact) mass is 499 g/mol. The van der Waals surface area contributed by atoms with Crippen LogP contribution in [0.1, 0.15) is 51.7 Å². The van der Waals surface area contributed by atoms with Crippen LogP contribution in [0.15, 0.2) is 60.7 Å². The number of rotatable bonds is 3. The standard InChI is InChI=1S/C25H26INS/c1-16(2)17-10-8-11-18-19-12-9-15-22(24(19)28-23(17)18)27(26)21-14-7-6-13-20(21)25(3,4)5/h6-16H,1-5H3. The zero-order valence-corrected chi connectivity index (χ0v) is 20.1. The quantitative estimate of drug-likeness (QED) is 0.201. The summed E-state index contributed by atoms with van der Waals surface area (Å²) in [6.07, 6.45) is 0. The fourth-order valence-corrected chi connectivity index (χ4v) is 6.30. The van der Waals surface area contributed by atoms with Gasteiger partial charge in [-0.05, 0) is 34.6 Å². The molecule has 0 aliphatic rings. The lowest BCUT2D eigenvalue weighted by Crippen LogP contribution is -2.15. The van der Waals surface area contributed by atoms with Gasteiger partial charge in [-0.3, -0.25) is 3.11 Å². The molecule has 144 valence electrons. The molecule has 0 fully saturated rings. The Morgan fingerprint density at radius 3 is 2.07 bits per heavy atom. The average molecular weight is 499 g/mol. The van der Waals surface area contributed by atoms with E-state index in [0.29, 0.717) is 5.92 Å². The van der Waals surface area contributed by atoms with Gasteiger partial charge in [0.25, 0.3) is 0 Å². The average Bonchev–Trinajstić information content (AvgIpc) is 3.05. The predicted octanol–water partition coefficient (Wildman–Crippen LogP) is 8.96. The summed E-state index contributed by atoms with van der Waals surface area (Å²) in [6, 6.07) is 22.2. The zero-order chi connectivity index (χ0) is 20.1. The summed E-state index contributed by atoms with van der Waals surface area (Å²) in [7, 11) is 0. The molecular formula is C25H26INS. The number of hydrogen-bond donors (Lipinski definition) is 0. The van der Waals surface area contributed by atoms with Crippen LogP contribution in [0.2, 0.25) is 0 Å². The summed E-state index contributed by atoms with van der Waals surface area (Å²) in [5, 5.41) is 2.73. The minimum Gasteiger partial charge on any atom is -0.281 e. The third kappa shape index (κ3) is 3.33. The van der Waals surface area contributed by atoms with Gasteiger partial charge in [-0.2, -0.15) is 0 Å². The molecule has 0 saturated heterocycles. The molecule has 0 unspecified atom stereocenters. The number of hydrogen-bond acceptors (Lipinski definition) is 2. The molecule has 0 spiro atoms. The maximum Gasteiger partial charge on any atom is 0.0689 e. The molecule has 0 aliphatic carbocycles. The normalized spacial score (nSPS) is 12.2. The highest BCUT2D eigenvalue weighted by Crippen LogP contribution is 2.46. The van der Waals surface area contributed by atoms with E-state index in [4.69, 9.17) is 0 Å². The largest absolute Gasteiger partial charge is 0.281 e. The maximum atomic E-state index is 2.47. The first kappa shape index (κ1) is 19.7. The minimum atomic E-state index is 0.0961. The molecule has 28 heavy (non-hydrogen) atoms. The first-order chi connectivity index (χ1) is 13.3. The summed E-state index contributed by atoms with van der Waals surface area (Å²) >= 11 is 4.41. The van der Waals surface area contributed by atoms with Crippen LogP contribution < -0.4 is 3.11 Å². The number of para-hydroxylation sites is 1. The van der Waals surface area contributed by atoms with Crippen LogP contribution in [-0.4, -0.2) is 0 Å². The fraction of sp³-hybridized carbons (Fsp3) is 0.280. The Kier molecular flexibility index (Phi) is 5.17. The van der Waals surface area contributed by atoms with Crippen LogP contribution in [0.3, 0.4) is 0 Å². The third-order valence-electron chi connectivity index (χ3n) is 5.29. The van der Waals surface area contributed by atoms with Crippen molar-refractivity contribution >= 4 is 65.7 Å². The second kappa shape index (κ2) is 7.34. The van der Waals surface area contributed by atoms with Crippen LogP contribution >= 0.6 is 34.2 Å². The number of anilines is 2. The van der Waals surface area contributed by atoms with Gasteiger partial charge in [0.05, 0.1) is 38.9 Å². The smallest absolute Gasteiger partial charge is 0.0689 e. The van der Waals surface area contributed by atoms with Crippen LogP contribution in [0.25, 0.3) is 20.2 Å². The molecule has 0 saturated carbocycles. The van der Waals surface area contributed by atoms with Crippen molar-refractivity contribution in [2.45, 2.75) is 46.0 Å². The van der Waals surface area contributed by atoms with E-state index in [1.165, 1.54) is 42.7 Å². The Bertz CT molecular complexity index is 1150. The molecule has 0 atom stereocenters. The fourth-order valence-electron chi connectivity index (χ4n) is 3.85. The Labute approximate surface area is 185 Å². The van der Waals surface area contributed by atoms with E-state index in [0.717, 1.165) is 0 Å². The van der Waals surface area contributed by atoms with E-state index in [1.54, 1.807) is 0 Å². The lowest BCUT2D eigenvalue weighted by atomic mass is 9.86. The van der Waals surface area contributed by atoms with Crippen LogP contribution in [0.4, 0.5) is 11.4 Å². The van der Waals surface area contributed by atoms with E-state index in [-0.39, 0.29) is 5.41 Å². The number of nitrogens with zero attached hydrogens (tertiary/aromatic N) is 1. The molecule has 0 N–H and O–H groups in total. The first-order valence-electron chi connectivity index (χ1n) is 9.78. The maximum absolute atomic E-state index is 2.47. The molecule has 4 rings (SSSR count). The van der Waals surface area contributed by atoms with E-state index in [9.17, 15) is 0 Å². The van der Waals surface area contributed by atoms with Crippen LogP contribution in [-0.2, 0) is 5.41 Å². The molecule has 3 aromatic carbocycles. The second-order valence-electron chi connectivity index (χ2n) is 8.68. The lowest BCUT2D eigenvalue weighted by Gasteiger charge is -2.27. The Morgan fingerprint density at radius 2 is 1.39 bits per heavy atom. The van der Waals surface area contributed by atoms with Gasteiger partial charge in [-0.25, -0.2) is 0 Å². The van der Waals surface area contributed by atoms with Gasteiger partial charge < -0.3 is 0 Å². The van der Waals surface area contributed by atoms with Crippen molar-refractivity contribution in [2.75, 3.05) is 3.11 Å². The molecule has 0 amide bonds. The van der Waals surface area contributed by atoms with Gasteiger partial charge in [-0.15, -0.1) is 11.3 Å². The van der Waals surface area contributed by atoms with Crippen LogP contribution in [0.5, 0.6) is 0 Å². The molecule has 3 heteroatoms. The third-order valence-corrected chi connectivity index (χ3v) is 7.62. The molecule has 0 radical (unpaired) electrons. The first-order valence-corrected chi connectivity index (χ1v) is 11.6. The highest BCUT2D eigenvalue weighted by Gasteiger charge is 2.22. The van der Waals surface area contributed by atoms with Gasteiger partial charge in [0, 0.05) is 15.5 Å². The Morgan fingerprint density at radius 1 is 0.786 bits per heavy atom. The summed E-state index contributed by atoms with van der Waals surface area (Å²) in [5.41, 5.74) is 5.44. The minimum absolute atomic E-state index is 0.0961. The number of halogens is 1. The second-order valence-corrected chi connectivity index (χ2v) is 10.7. The number of fused-ring (bicyclic) bond motifs is 3. The van der Waals surface area contributed by atoms with E-state index < -0.39 is 0 Å². The van der Waals surface area contributed by atoms with Crippen molar-refractivity contribution in [1.29, 1.82) is 0 Å². The van der Waals surface area contributed by atoms with Gasteiger partial charge in [0.15, 0.2) is 0 Å². The summed E-state index contributed by atoms with van der Waals surface area (Å²) < 4.78 is 5.13. The molecule has 0 aliphatic heterocycles. The predicted molar refractivity (Wildman–Crippen MR) is 135 cm³/mol. The van der Waals surface area contributed by atoms with Gasteiger partial charge in [-0.1, -0.05) is 83.1 Å². The molecular weight excluding hydrogens is 473 g/mol. The van der Waals surface area contributed by atoms with E-state index >= 15 is 0 Å². The van der Waals surface area contributed by atoms with Crippen molar-refractivity contribution in [3.8, 4) is 0 Å².